The molecular formula is C12H19NO2. The zero-order valence-corrected chi connectivity index (χ0v) is 9.58. The van der Waals surface area contributed by atoms with Gasteiger partial charge < -0.3 is 15.2 Å². The van der Waals surface area contributed by atoms with Crippen LogP contribution in [0.15, 0.2) is 18.2 Å². The summed E-state index contributed by atoms with van der Waals surface area (Å²) >= 11 is 0. The Kier molecular flexibility index (Phi) is 4.43. The molecule has 0 aliphatic carbocycles. The van der Waals surface area contributed by atoms with Crippen molar-refractivity contribution in [2.24, 2.45) is 0 Å². The fourth-order valence-corrected chi connectivity index (χ4v) is 1.34. The van der Waals surface area contributed by atoms with Crippen LogP contribution in [0, 0.1) is 0 Å². The molecule has 2 N–H and O–H groups in total. The SMILES string of the molecule is CNCCc1ccc(OC(C)C)c(O)c1. The average molecular weight is 209 g/mol. The Hall–Kier alpha value is -1.22. The Morgan fingerprint density at radius 2 is 2.13 bits per heavy atom. The lowest BCUT2D eigenvalue weighted by atomic mass is 10.1. The molecule has 84 valence electrons. The van der Waals surface area contributed by atoms with Gasteiger partial charge in [0.25, 0.3) is 0 Å². The monoisotopic (exact) mass is 209 g/mol. The van der Waals surface area contributed by atoms with Gasteiger partial charge in [0.05, 0.1) is 6.10 Å². The smallest absolute Gasteiger partial charge is 0.161 e. The van der Waals surface area contributed by atoms with Crippen molar-refractivity contribution in [1.82, 2.24) is 5.32 Å². The molecule has 0 radical (unpaired) electrons. The van der Waals surface area contributed by atoms with E-state index in [1.165, 1.54) is 0 Å². The predicted octanol–water partition coefficient (Wildman–Crippen LogP) is 1.94. The molecule has 0 aromatic heterocycles. The molecule has 1 rings (SSSR count). The summed E-state index contributed by atoms with van der Waals surface area (Å²) in [5.41, 5.74) is 1.11. The highest BCUT2D eigenvalue weighted by atomic mass is 16.5. The Bertz CT molecular complexity index is 310. The van der Waals surface area contributed by atoms with Crippen LogP contribution in [0.25, 0.3) is 0 Å². The van der Waals surface area contributed by atoms with Gasteiger partial charge in [0.1, 0.15) is 0 Å². The first kappa shape index (κ1) is 11.9. The first-order chi connectivity index (χ1) is 7.13. The minimum absolute atomic E-state index is 0.0825. The van der Waals surface area contributed by atoms with E-state index >= 15 is 0 Å². The second kappa shape index (κ2) is 5.61. The predicted molar refractivity (Wildman–Crippen MR) is 61.5 cm³/mol. The molecule has 0 aliphatic rings. The lowest BCUT2D eigenvalue weighted by Crippen LogP contribution is -2.10. The highest BCUT2D eigenvalue weighted by molar-refractivity contribution is 5.41. The van der Waals surface area contributed by atoms with Crippen LogP contribution in [0.4, 0.5) is 0 Å². The molecule has 0 heterocycles. The van der Waals surface area contributed by atoms with Crippen molar-refractivity contribution in [3.63, 3.8) is 0 Å². The Morgan fingerprint density at radius 1 is 1.40 bits per heavy atom. The summed E-state index contributed by atoms with van der Waals surface area (Å²) in [5, 5.41) is 12.8. The van der Waals surface area contributed by atoms with Crippen LogP contribution in [0.5, 0.6) is 11.5 Å². The fraction of sp³-hybridized carbons (Fsp3) is 0.500. The summed E-state index contributed by atoms with van der Waals surface area (Å²) in [7, 11) is 1.91. The first-order valence-corrected chi connectivity index (χ1v) is 5.26. The van der Waals surface area contributed by atoms with E-state index < -0.39 is 0 Å². The first-order valence-electron chi connectivity index (χ1n) is 5.26. The van der Waals surface area contributed by atoms with E-state index in [0.29, 0.717) is 5.75 Å². The van der Waals surface area contributed by atoms with Gasteiger partial charge in [-0.25, -0.2) is 0 Å². The summed E-state index contributed by atoms with van der Waals surface area (Å²) in [5.74, 6) is 0.774. The van der Waals surface area contributed by atoms with Crippen molar-refractivity contribution < 1.29 is 9.84 Å². The van der Waals surface area contributed by atoms with E-state index in [1.54, 1.807) is 6.07 Å². The third-order valence-corrected chi connectivity index (χ3v) is 2.05. The van der Waals surface area contributed by atoms with Crippen LogP contribution in [-0.2, 0) is 6.42 Å². The standard InChI is InChI=1S/C12H19NO2/c1-9(2)15-12-5-4-10(6-7-13-3)8-11(12)14/h4-5,8-9,13-14H,6-7H2,1-3H3. The molecule has 0 atom stereocenters. The third-order valence-electron chi connectivity index (χ3n) is 2.05. The molecule has 15 heavy (non-hydrogen) atoms. The summed E-state index contributed by atoms with van der Waals surface area (Å²) in [4.78, 5) is 0. The summed E-state index contributed by atoms with van der Waals surface area (Å²) in [6.07, 6.45) is 0.991. The Balaban J connectivity index is 2.70. The maximum Gasteiger partial charge on any atom is 0.161 e. The van der Waals surface area contributed by atoms with E-state index in [0.717, 1.165) is 18.5 Å². The average Bonchev–Trinajstić information content (AvgIpc) is 2.18. The van der Waals surface area contributed by atoms with Crippen molar-refractivity contribution in [2.75, 3.05) is 13.6 Å². The number of likely N-dealkylation sites (N-methyl/N-ethyl adjacent to an activating group) is 1. The van der Waals surface area contributed by atoms with Crippen molar-refractivity contribution in [1.29, 1.82) is 0 Å². The minimum atomic E-state index is 0.0825. The highest BCUT2D eigenvalue weighted by Crippen LogP contribution is 2.27. The third kappa shape index (κ3) is 3.80. The van der Waals surface area contributed by atoms with E-state index in [2.05, 4.69) is 5.32 Å². The molecule has 0 amide bonds. The van der Waals surface area contributed by atoms with Gasteiger partial charge in [-0.05, 0) is 51.6 Å². The van der Waals surface area contributed by atoms with Crippen LogP contribution in [0.3, 0.4) is 0 Å². The number of hydrogen-bond acceptors (Lipinski definition) is 3. The number of ether oxygens (including phenoxy) is 1. The van der Waals surface area contributed by atoms with Crippen LogP contribution >= 0.6 is 0 Å². The van der Waals surface area contributed by atoms with Crippen molar-refractivity contribution >= 4 is 0 Å². The maximum atomic E-state index is 9.69. The molecular weight excluding hydrogens is 190 g/mol. The van der Waals surface area contributed by atoms with Gasteiger partial charge in [-0.3, -0.25) is 0 Å². The number of aromatic hydroxyl groups is 1. The van der Waals surface area contributed by atoms with Gasteiger partial charge in [-0.1, -0.05) is 6.07 Å². The maximum absolute atomic E-state index is 9.69. The lowest BCUT2D eigenvalue weighted by molar-refractivity contribution is 0.232. The number of phenols is 1. The van der Waals surface area contributed by atoms with E-state index in [-0.39, 0.29) is 11.9 Å². The van der Waals surface area contributed by atoms with Gasteiger partial charge in [0.2, 0.25) is 0 Å². The van der Waals surface area contributed by atoms with Gasteiger partial charge in [-0.2, -0.15) is 0 Å². The van der Waals surface area contributed by atoms with Gasteiger partial charge in [-0.15, -0.1) is 0 Å². The normalized spacial score (nSPS) is 10.7. The van der Waals surface area contributed by atoms with E-state index in [1.807, 2.05) is 33.0 Å². The van der Waals surface area contributed by atoms with Crippen LogP contribution < -0.4 is 10.1 Å². The molecule has 0 bridgehead atoms. The molecule has 3 nitrogen and oxygen atoms in total. The Morgan fingerprint density at radius 3 is 2.67 bits per heavy atom. The van der Waals surface area contributed by atoms with Gasteiger partial charge >= 0.3 is 0 Å². The number of phenolic OH excluding ortho intramolecular Hbond substituents is 1. The molecule has 0 aliphatic heterocycles. The molecule has 3 heteroatoms. The highest BCUT2D eigenvalue weighted by Gasteiger charge is 2.05. The Labute approximate surface area is 91.1 Å². The number of hydrogen-bond donors (Lipinski definition) is 2. The zero-order valence-electron chi connectivity index (χ0n) is 9.58. The van der Waals surface area contributed by atoms with Crippen molar-refractivity contribution in [3.8, 4) is 11.5 Å². The molecule has 1 aromatic carbocycles. The second-order valence-electron chi connectivity index (χ2n) is 3.82. The fourth-order valence-electron chi connectivity index (χ4n) is 1.34. The van der Waals surface area contributed by atoms with Gasteiger partial charge in [0.15, 0.2) is 11.5 Å². The van der Waals surface area contributed by atoms with E-state index in [4.69, 9.17) is 4.74 Å². The lowest BCUT2D eigenvalue weighted by Gasteiger charge is -2.12. The number of nitrogens with one attached hydrogen (secondary N) is 1. The zero-order chi connectivity index (χ0) is 11.3. The molecule has 0 fully saturated rings. The van der Waals surface area contributed by atoms with Crippen LogP contribution in [-0.4, -0.2) is 24.8 Å². The molecule has 0 spiro atoms. The topological polar surface area (TPSA) is 41.5 Å². The number of rotatable bonds is 5. The van der Waals surface area contributed by atoms with Crippen molar-refractivity contribution in [2.45, 2.75) is 26.4 Å². The quantitative estimate of drug-likeness (QED) is 0.778. The largest absolute Gasteiger partial charge is 0.504 e. The van der Waals surface area contributed by atoms with Gasteiger partial charge in [0, 0.05) is 0 Å². The molecule has 0 saturated heterocycles. The van der Waals surface area contributed by atoms with E-state index in [9.17, 15) is 5.11 Å². The summed E-state index contributed by atoms with van der Waals surface area (Å²) in [6.45, 7) is 4.78. The minimum Gasteiger partial charge on any atom is -0.504 e. The molecule has 0 saturated carbocycles. The number of benzene rings is 1. The van der Waals surface area contributed by atoms with Crippen LogP contribution in [0.1, 0.15) is 19.4 Å². The van der Waals surface area contributed by atoms with Crippen LogP contribution in [0.2, 0.25) is 0 Å². The second-order valence-corrected chi connectivity index (χ2v) is 3.82. The summed E-state index contributed by atoms with van der Waals surface area (Å²) < 4.78 is 5.44. The molecule has 0 unspecified atom stereocenters. The summed E-state index contributed by atoms with van der Waals surface area (Å²) in [6, 6.07) is 5.56. The van der Waals surface area contributed by atoms with Crippen molar-refractivity contribution in [3.05, 3.63) is 23.8 Å². The molecule has 1 aromatic rings.